The second kappa shape index (κ2) is 4.15. The Hall–Kier alpha value is -0.930. The molecule has 0 atom stereocenters. The Bertz CT molecular complexity index is 618. The zero-order valence-corrected chi connectivity index (χ0v) is 10.9. The normalized spacial score (nSPS) is 11.0. The zero-order valence-electron chi connectivity index (χ0n) is 9.37. The third-order valence-corrected chi connectivity index (χ3v) is 3.79. The van der Waals surface area contributed by atoms with Crippen molar-refractivity contribution >= 4 is 34.3 Å². The molecule has 0 radical (unpaired) electrons. The fourth-order valence-corrected chi connectivity index (χ4v) is 2.44. The van der Waals surface area contributed by atoms with Crippen LogP contribution >= 0.6 is 23.4 Å². The van der Waals surface area contributed by atoms with Gasteiger partial charge in [-0.2, -0.15) is 0 Å². The lowest BCUT2D eigenvalue weighted by Crippen LogP contribution is -2.09. The summed E-state index contributed by atoms with van der Waals surface area (Å²) >= 11 is 7.53. The highest BCUT2D eigenvalue weighted by Crippen LogP contribution is 2.23. The number of aryl methyl sites for hydroxylation is 2. The van der Waals surface area contributed by atoms with Gasteiger partial charge in [-0.15, -0.1) is 11.8 Å². The number of nitrogens with zero attached hydrogens (tertiary/aromatic N) is 1. The highest BCUT2D eigenvalue weighted by atomic mass is 35.5. The lowest BCUT2D eigenvalue weighted by molar-refractivity contribution is 0.924. The van der Waals surface area contributed by atoms with Crippen molar-refractivity contribution in [3.8, 4) is 0 Å². The first-order valence-corrected chi connectivity index (χ1v) is 6.48. The first-order valence-electron chi connectivity index (χ1n) is 4.88. The largest absolute Gasteiger partial charge is 0.349 e. The second-order valence-corrected chi connectivity index (χ2v) is 5.01. The number of aromatic nitrogens is 1. The van der Waals surface area contributed by atoms with Gasteiger partial charge in [-0.05, 0) is 30.9 Å². The van der Waals surface area contributed by atoms with Crippen molar-refractivity contribution in [2.45, 2.75) is 11.8 Å². The van der Waals surface area contributed by atoms with Gasteiger partial charge in [0.25, 0.3) is 0 Å². The molecule has 0 aliphatic heterocycles. The first kappa shape index (κ1) is 11.6. The van der Waals surface area contributed by atoms with E-state index in [0.29, 0.717) is 5.02 Å². The summed E-state index contributed by atoms with van der Waals surface area (Å²) in [5.41, 5.74) is 1.89. The smallest absolute Gasteiger partial charge is 0.202 e. The first-order chi connectivity index (χ1) is 7.54. The highest BCUT2D eigenvalue weighted by molar-refractivity contribution is 7.98. The van der Waals surface area contributed by atoms with Gasteiger partial charge in [0.2, 0.25) is 5.43 Å². The van der Waals surface area contributed by atoms with E-state index in [1.165, 1.54) is 11.8 Å². The Morgan fingerprint density at radius 3 is 2.69 bits per heavy atom. The summed E-state index contributed by atoms with van der Waals surface area (Å²) in [5, 5.41) is 1.43. The van der Waals surface area contributed by atoms with Crippen molar-refractivity contribution < 1.29 is 0 Å². The monoisotopic (exact) mass is 253 g/mol. The third kappa shape index (κ3) is 1.74. The number of fused-ring (bicyclic) bond motifs is 1. The summed E-state index contributed by atoms with van der Waals surface area (Å²) in [6.45, 7) is 1.91. The molecule has 0 saturated heterocycles. The molecule has 2 aromatic rings. The van der Waals surface area contributed by atoms with Crippen LogP contribution in [0.3, 0.4) is 0 Å². The van der Waals surface area contributed by atoms with Crippen molar-refractivity contribution in [3.63, 3.8) is 0 Å². The molecule has 0 bridgehead atoms. The van der Waals surface area contributed by atoms with Crippen LogP contribution in [0.25, 0.3) is 10.9 Å². The second-order valence-electron chi connectivity index (χ2n) is 3.76. The van der Waals surface area contributed by atoms with Crippen LogP contribution in [0, 0.1) is 6.92 Å². The maximum Gasteiger partial charge on any atom is 0.202 e. The molecular weight excluding hydrogens is 242 g/mol. The summed E-state index contributed by atoms with van der Waals surface area (Å²) < 4.78 is 1.94. The van der Waals surface area contributed by atoms with E-state index in [1.807, 2.05) is 43.1 Å². The number of rotatable bonds is 1. The summed E-state index contributed by atoms with van der Waals surface area (Å²) in [7, 11) is 1.92. The molecule has 0 N–H and O–H groups in total. The summed E-state index contributed by atoms with van der Waals surface area (Å²) in [6, 6.07) is 3.71. The lowest BCUT2D eigenvalue weighted by atomic mass is 10.1. The average Bonchev–Trinajstić information content (AvgIpc) is 2.26. The maximum atomic E-state index is 12.1. The van der Waals surface area contributed by atoms with Crippen LogP contribution in [0.4, 0.5) is 0 Å². The Kier molecular flexibility index (Phi) is 3.00. The summed E-state index contributed by atoms with van der Waals surface area (Å²) in [4.78, 5) is 12.9. The van der Waals surface area contributed by atoms with Crippen LogP contribution in [-0.2, 0) is 7.05 Å². The molecule has 1 heterocycles. The fraction of sp³-hybridized carbons (Fsp3) is 0.250. The van der Waals surface area contributed by atoms with Crippen molar-refractivity contribution in [1.82, 2.24) is 4.57 Å². The predicted octanol–water partition coefficient (Wildman–Crippen LogP) is 3.22. The molecule has 0 aliphatic carbocycles. The van der Waals surface area contributed by atoms with Crippen LogP contribution < -0.4 is 5.43 Å². The SMILES string of the molecule is CSc1cn(C)c2cc(Cl)c(C)cc2c1=O. The van der Waals surface area contributed by atoms with Gasteiger partial charge in [-0.1, -0.05) is 11.6 Å². The Balaban J connectivity index is 2.97. The van der Waals surface area contributed by atoms with Gasteiger partial charge < -0.3 is 4.57 Å². The molecule has 16 heavy (non-hydrogen) atoms. The molecule has 0 saturated carbocycles. The number of pyridine rings is 1. The molecule has 0 amide bonds. The van der Waals surface area contributed by atoms with Crippen molar-refractivity contribution in [2.24, 2.45) is 7.05 Å². The minimum Gasteiger partial charge on any atom is -0.349 e. The topological polar surface area (TPSA) is 22.0 Å². The molecular formula is C12H12ClNOS. The maximum absolute atomic E-state index is 12.1. The van der Waals surface area contributed by atoms with Crippen LogP contribution in [0.2, 0.25) is 5.02 Å². The number of halogens is 1. The Morgan fingerprint density at radius 2 is 2.06 bits per heavy atom. The van der Waals surface area contributed by atoms with E-state index in [4.69, 9.17) is 11.6 Å². The number of hydrogen-bond acceptors (Lipinski definition) is 2. The van der Waals surface area contributed by atoms with Crippen LogP contribution in [0.15, 0.2) is 28.0 Å². The van der Waals surface area contributed by atoms with E-state index in [2.05, 4.69) is 0 Å². The average molecular weight is 254 g/mol. The Morgan fingerprint density at radius 1 is 1.38 bits per heavy atom. The van der Waals surface area contributed by atoms with E-state index in [9.17, 15) is 4.79 Å². The fourth-order valence-electron chi connectivity index (χ4n) is 1.73. The minimum absolute atomic E-state index is 0.0837. The van der Waals surface area contributed by atoms with Gasteiger partial charge in [0, 0.05) is 23.7 Å². The van der Waals surface area contributed by atoms with E-state index in [0.717, 1.165) is 21.4 Å². The van der Waals surface area contributed by atoms with Crippen molar-refractivity contribution in [2.75, 3.05) is 6.26 Å². The third-order valence-electron chi connectivity index (χ3n) is 2.66. The molecule has 0 unspecified atom stereocenters. The van der Waals surface area contributed by atoms with E-state index in [-0.39, 0.29) is 5.43 Å². The zero-order chi connectivity index (χ0) is 11.9. The van der Waals surface area contributed by atoms with Crippen molar-refractivity contribution in [1.29, 1.82) is 0 Å². The van der Waals surface area contributed by atoms with Gasteiger partial charge in [-0.25, -0.2) is 0 Å². The van der Waals surface area contributed by atoms with Crippen LogP contribution in [-0.4, -0.2) is 10.8 Å². The number of thioether (sulfide) groups is 1. The summed E-state index contributed by atoms with van der Waals surface area (Å²) in [6.07, 6.45) is 3.76. The molecule has 0 fully saturated rings. The molecule has 1 aromatic heterocycles. The highest BCUT2D eigenvalue weighted by Gasteiger charge is 2.08. The molecule has 4 heteroatoms. The van der Waals surface area contributed by atoms with Gasteiger partial charge in [0.15, 0.2) is 0 Å². The molecule has 84 valence electrons. The van der Waals surface area contributed by atoms with E-state index >= 15 is 0 Å². The molecule has 0 aliphatic rings. The molecule has 0 spiro atoms. The van der Waals surface area contributed by atoms with E-state index < -0.39 is 0 Å². The van der Waals surface area contributed by atoms with Gasteiger partial charge in [0.1, 0.15) is 0 Å². The van der Waals surface area contributed by atoms with Crippen LogP contribution in [0.5, 0.6) is 0 Å². The quantitative estimate of drug-likeness (QED) is 0.728. The predicted molar refractivity (Wildman–Crippen MR) is 70.7 cm³/mol. The van der Waals surface area contributed by atoms with Crippen LogP contribution in [0.1, 0.15) is 5.56 Å². The molecule has 1 aromatic carbocycles. The molecule has 2 rings (SSSR count). The van der Waals surface area contributed by atoms with Crippen molar-refractivity contribution in [3.05, 3.63) is 39.1 Å². The summed E-state index contributed by atoms with van der Waals surface area (Å²) in [5.74, 6) is 0. The van der Waals surface area contributed by atoms with Gasteiger partial charge >= 0.3 is 0 Å². The Labute approximate surface area is 103 Å². The van der Waals surface area contributed by atoms with E-state index in [1.54, 1.807) is 0 Å². The number of hydrogen-bond donors (Lipinski definition) is 0. The standard InChI is InChI=1S/C12H12ClNOS/c1-7-4-8-10(5-9(7)13)14(2)6-11(16-3)12(8)15/h4-6H,1-3H3. The minimum atomic E-state index is 0.0837. The van der Waals surface area contributed by atoms with Gasteiger partial charge in [0.05, 0.1) is 10.4 Å². The number of benzene rings is 1. The van der Waals surface area contributed by atoms with Gasteiger partial charge in [-0.3, -0.25) is 4.79 Å². The lowest BCUT2D eigenvalue weighted by Gasteiger charge is -2.09. The molecule has 2 nitrogen and oxygen atoms in total.